The Kier molecular flexibility index (Phi) is 53.0. The Morgan fingerprint density at radius 3 is 0.923 bits per heavy atom. The van der Waals surface area contributed by atoms with Gasteiger partial charge in [-0.25, -0.2) is 0 Å². The largest absolute Gasteiger partial charge is 0.550 e. The second kappa shape index (κ2) is 17.4. The van der Waals surface area contributed by atoms with Crippen molar-refractivity contribution in [2.45, 2.75) is 6.92 Å². The molecule has 0 aromatic rings. The summed E-state index contributed by atoms with van der Waals surface area (Å²) in [7, 11) is 8.50. The molecule has 0 aliphatic carbocycles. The Morgan fingerprint density at radius 2 is 0.923 bits per heavy atom. The molecule has 8 N–H and O–H groups in total. The zero-order valence-electron chi connectivity index (χ0n) is 8.76. The zero-order chi connectivity index (χ0) is 8.08. The van der Waals surface area contributed by atoms with Gasteiger partial charge in [-0.2, -0.15) is 0 Å². The molecule has 7 heteroatoms. The Morgan fingerprint density at radius 1 is 0.923 bits per heavy atom. The Balaban J connectivity index is -0.0000000146. The third-order valence-electron chi connectivity index (χ3n) is 0. The van der Waals surface area contributed by atoms with Gasteiger partial charge in [0.1, 0.15) is 0 Å². The summed E-state index contributed by atoms with van der Waals surface area (Å²) < 4.78 is 1.00. The van der Waals surface area contributed by atoms with Crippen molar-refractivity contribution in [3.63, 3.8) is 0 Å². The van der Waals surface area contributed by atoms with E-state index < -0.39 is 5.97 Å². The first-order chi connectivity index (χ1) is 3.73. The van der Waals surface area contributed by atoms with Crippen molar-refractivity contribution < 1.29 is 36.3 Å². The van der Waals surface area contributed by atoms with Crippen LogP contribution in [0.15, 0.2) is 0 Å². The van der Waals surface area contributed by atoms with Crippen LogP contribution in [0.5, 0.6) is 0 Å². The first-order valence-electron chi connectivity index (χ1n) is 2.70. The van der Waals surface area contributed by atoms with Crippen LogP contribution in [-0.4, -0.2) is 60.5 Å². The highest BCUT2D eigenvalue weighted by Crippen LogP contribution is 1.73. The predicted octanol–water partition coefficient (Wildman–Crippen LogP) is -4.22. The van der Waals surface area contributed by atoms with Gasteiger partial charge in [0, 0.05) is 5.97 Å². The van der Waals surface area contributed by atoms with Crippen LogP contribution >= 0.6 is 0 Å². The van der Waals surface area contributed by atoms with E-state index >= 15 is 0 Å². The van der Waals surface area contributed by atoms with Gasteiger partial charge in [-0.15, -0.1) is 0 Å². The van der Waals surface area contributed by atoms with Crippen molar-refractivity contribution in [2.24, 2.45) is 0 Å². The molecule has 0 spiro atoms. The second-order valence-corrected chi connectivity index (χ2v) is 3.17. The fourth-order valence-electron chi connectivity index (χ4n) is 0. The third-order valence-corrected chi connectivity index (χ3v) is 0. The molecule has 0 unspecified atom stereocenters. The number of rotatable bonds is 0. The Bertz CT molecular complexity index is 79.6. The first-order valence-corrected chi connectivity index (χ1v) is 2.70. The molecule has 13 heavy (non-hydrogen) atoms. The molecule has 0 rings (SSSR count). The lowest BCUT2D eigenvalue weighted by Gasteiger charge is -2.14. The predicted molar refractivity (Wildman–Crippen MR) is 49.1 cm³/mol. The summed E-state index contributed by atoms with van der Waals surface area (Å²) in [5.74, 6) is -1.08. The summed E-state index contributed by atoms with van der Waals surface area (Å²) in [6.07, 6.45) is 0. The van der Waals surface area contributed by atoms with Crippen LogP contribution in [-0.2, 0) is 4.79 Å². The minimum absolute atomic E-state index is 0. The highest BCUT2D eigenvalue weighted by molar-refractivity contribution is 5.60. The van der Waals surface area contributed by atoms with E-state index in [1.165, 1.54) is 0 Å². The van der Waals surface area contributed by atoms with Crippen LogP contribution in [0.1, 0.15) is 6.92 Å². The van der Waals surface area contributed by atoms with Crippen LogP contribution in [0.3, 0.4) is 0 Å². The maximum Gasteiger partial charge on any atom is 0.0675 e. The summed E-state index contributed by atoms with van der Waals surface area (Å²) in [4.78, 5) is 8.89. The monoisotopic (exact) mass is 205 g/mol. The molecule has 0 radical (unpaired) electrons. The molecule has 0 heterocycles. The van der Waals surface area contributed by atoms with Crippen LogP contribution in [0.25, 0.3) is 0 Å². The molecule has 0 aromatic carbocycles. The van der Waals surface area contributed by atoms with Gasteiger partial charge in [0.25, 0.3) is 0 Å². The number of nitrogens with zero attached hydrogens (tertiary/aromatic N) is 1. The van der Waals surface area contributed by atoms with E-state index in [0.717, 1.165) is 11.4 Å². The first kappa shape index (κ1) is 39.6. The van der Waals surface area contributed by atoms with Crippen LogP contribution in [0.4, 0.5) is 0 Å². The van der Waals surface area contributed by atoms with Crippen LogP contribution < -0.4 is 5.11 Å². The number of quaternary nitrogens is 1. The lowest BCUT2D eigenvalue weighted by atomic mass is 10.8. The van der Waals surface area contributed by atoms with E-state index in [4.69, 9.17) is 9.90 Å². The Hall–Kier alpha value is -0.730. The summed E-state index contributed by atoms with van der Waals surface area (Å²) >= 11 is 0. The van der Waals surface area contributed by atoms with Crippen molar-refractivity contribution in [1.29, 1.82) is 0 Å². The fraction of sp³-hybridized carbons (Fsp3) is 0.833. The highest BCUT2D eigenvalue weighted by Gasteiger charge is 1.88. The van der Waals surface area contributed by atoms with Crippen LogP contribution in [0, 0.1) is 0 Å². The highest BCUT2D eigenvalue weighted by atomic mass is 16.4. The molecule has 0 saturated carbocycles. The molecule has 0 aliphatic heterocycles. The van der Waals surface area contributed by atoms with Gasteiger partial charge in [-0.3, -0.25) is 0 Å². The van der Waals surface area contributed by atoms with Crippen molar-refractivity contribution in [3.05, 3.63) is 0 Å². The molecule has 7 nitrogen and oxygen atoms in total. The van der Waals surface area contributed by atoms with Crippen molar-refractivity contribution in [2.75, 3.05) is 28.2 Å². The van der Waals surface area contributed by atoms with Crippen LogP contribution in [0.2, 0.25) is 0 Å². The third kappa shape index (κ3) is 1820. The molecule has 0 saturated heterocycles. The number of hydrogen-bond acceptors (Lipinski definition) is 2. The number of carboxylic acid groups (broad SMARTS) is 1. The molecule has 0 fully saturated rings. The fourth-order valence-corrected chi connectivity index (χ4v) is 0. The summed E-state index contributed by atoms with van der Waals surface area (Å²) in [5, 5.41) is 8.89. The smallest absolute Gasteiger partial charge is 0.0675 e. The number of carbonyl (C=O) groups is 1. The zero-order valence-corrected chi connectivity index (χ0v) is 8.76. The number of aliphatic carboxylic acids is 1. The molecular weight excluding hydrogens is 182 g/mol. The van der Waals surface area contributed by atoms with Gasteiger partial charge in [-0.1, -0.05) is 0 Å². The van der Waals surface area contributed by atoms with Gasteiger partial charge in [0.05, 0.1) is 28.2 Å². The van der Waals surface area contributed by atoms with E-state index in [1.54, 1.807) is 0 Å². The van der Waals surface area contributed by atoms with Crippen molar-refractivity contribution >= 4 is 5.97 Å². The normalized spacial score (nSPS) is 6.54. The number of carbonyl (C=O) groups excluding carboxylic acids is 1. The van der Waals surface area contributed by atoms with Crippen molar-refractivity contribution in [1.82, 2.24) is 0 Å². The average Bonchev–Trinajstić information content (AvgIpc) is 1.19. The van der Waals surface area contributed by atoms with E-state index in [0.29, 0.717) is 0 Å². The maximum absolute atomic E-state index is 8.89. The lowest BCUT2D eigenvalue weighted by molar-refractivity contribution is -0.849. The maximum atomic E-state index is 8.89. The lowest BCUT2D eigenvalue weighted by Crippen LogP contribution is -2.27. The minimum atomic E-state index is -1.08. The summed E-state index contributed by atoms with van der Waals surface area (Å²) in [6.45, 7) is 0.972. The Labute approximate surface area is 78.4 Å². The molecule has 0 atom stereocenters. The van der Waals surface area contributed by atoms with Gasteiger partial charge < -0.3 is 36.3 Å². The molecule has 0 amide bonds. The van der Waals surface area contributed by atoms with Gasteiger partial charge in [0.15, 0.2) is 0 Å². The van der Waals surface area contributed by atoms with Gasteiger partial charge >= 0.3 is 0 Å². The summed E-state index contributed by atoms with van der Waals surface area (Å²) in [5.41, 5.74) is 0. The van der Waals surface area contributed by atoms with E-state index in [2.05, 4.69) is 28.2 Å². The molecule has 0 aromatic heterocycles. The topological polar surface area (TPSA) is 166 Å². The van der Waals surface area contributed by atoms with E-state index in [-0.39, 0.29) is 21.9 Å². The number of carboxylic acids is 1. The average molecular weight is 205 g/mol. The minimum Gasteiger partial charge on any atom is -0.550 e. The van der Waals surface area contributed by atoms with E-state index in [9.17, 15) is 0 Å². The molecule has 88 valence electrons. The van der Waals surface area contributed by atoms with Gasteiger partial charge in [-0.05, 0) is 6.92 Å². The molecular formula is C6H23NO6. The van der Waals surface area contributed by atoms with E-state index in [1.807, 2.05) is 0 Å². The van der Waals surface area contributed by atoms with Gasteiger partial charge in [0.2, 0.25) is 0 Å². The molecule has 0 bridgehead atoms. The second-order valence-electron chi connectivity index (χ2n) is 3.17. The quantitative estimate of drug-likeness (QED) is 0.366. The SMILES string of the molecule is CC(=O)[O-].C[N+](C)(C)C.O.O.O.O. The number of hydrogen-bond donors (Lipinski definition) is 0. The standard InChI is InChI=1S/C4H12N.C2H4O2.4H2O/c1-5(2,3)4;1-2(3)4;;;;/h1-4H3;1H3,(H,3,4);4*1H2/q+1;;;;;/p-1. The van der Waals surface area contributed by atoms with Crippen molar-refractivity contribution in [3.8, 4) is 0 Å². The molecule has 0 aliphatic rings. The summed E-state index contributed by atoms with van der Waals surface area (Å²) in [6, 6.07) is 0.